The van der Waals surface area contributed by atoms with E-state index >= 15 is 0 Å². The molecule has 0 unspecified atom stereocenters. The van der Waals surface area contributed by atoms with Crippen LogP contribution in [0.25, 0.3) is 0 Å². The summed E-state index contributed by atoms with van der Waals surface area (Å²) in [7, 11) is 1.59. The minimum Gasteiger partial charge on any atom is -0.490 e. The van der Waals surface area contributed by atoms with Crippen LogP contribution in [0.4, 0.5) is 5.69 Å². The number of anilines is 1. The second-order valence-corrected chi connectivity index (χ2v) is 8.67. The van der Waals surface area contributed by atoms with Crippen LogP contribution >= 0.6 is 23.4 Å². The van der Waals surface area contributed by atoms with Gasteiger partial charge in [0, 0.05) is 24.2 Å². The lowest BCUT2D eigenvalue weighted by Gasteiger charge is -2.22. The third-order valence-electron chi connectivity index (χ3n) is 5.12. The highest BCUT2D eigenvalue weighted by Gasteiger charge is 2.27. The lowest BCUT2D eigenvalue weighted by Crippen LogP contribution is -2.28. The summed E-state index contributed by atoms with van der Waals surface area (Å²) in [5.41, 5.74) is 6.81. The molecule has 188 valence electrons. The van der Waals surface area contributed by atoms with E-state index in [1.54, 1.807) is 13.2 Å². The van der Waals surface area contributed by atoms with E-state index in [2.05, 4.69) is 30.9 Å². The Kier molecular flexibility index (Phi) is 12.5. The lowest BCUT2D eigenvalue weighted by molar-refractivity contribution is 0.0543. The molecule has 0 saturated carbocycles. The fourth-order valence-corrected chi connectivity index (χ4v) is 4.52. The predicted octanol–water partition coefficient (Wildman–Crippen LogP) is 4.58. The molecule has 2 N–H and O–H groups in total. The second kappa shape index (κ2) is 15.4. The van der Waals surface area contributed by atoms with Crippen LogP contribution in [0, 0.1) is 22.7 Å². The molecular formula is C25H31ClN4O4S. The number of hydrogen-bond acceptors (Lipinski definition) is 9. The van der Waals surface area contributed by atoms with Crippen LogP contribution in [0.3, 0.4) is 0 Å². The van der Waals surface area contributed by atoms with E-state index in [1.165, 1.54) is 11.8 Å². The minimum absolute atomic E-state index is 0.0256. The van der Waals surface area contributed by atoms with Gasteiger partial charge in [0.1, 0.15) is 41.5 Å². The molecule has 0 fully saturated rings. The minimum atomic E-state index is 0.0256. The molecule has 0 saturated heterocycles. The normalized spacial score (nSPS) is 10.7. The number of hydrogen-bond donors (Lipinski definition) is 1. The number of nitrogen functional groups attached to an aromatic ring is 1. The maximum absolute atomic E-state index is 10.00. The number of ether oxygens (including phenoxy) is 4. The zero-order valence-corrected chi connectivity index (χ0v) is 21.9. The van der Waals surface area contributed by atoms with Crippen molar-refractivity contribution >= 4 is 29.1 Å². The lowest BCUT2D eigenvalue weighted by atomic mass is 10.1. The Morgan fingerprint density at radius 1 is 0.943 bits per heavy atom. The number of para-hydroxylation sites is 1. The molecule has 8 nitrogen and oxygen atoms in total. The first-order valence-electron chi connectivity index (χ1n) is 11.3. The van der Waals surface area contributed by atoms with Gasteiger partial charge in [-0.1, -0.05) is 49.3 Å². The van der Waals surface area contributed by atoms with Crippen molar-refractivity contribution in [1.29, 1.82) is 10.5 Å². The molecule has 10 heteroatoms. The fourth-order valence-electron chi connectivity index (χ4n) is 3.18. The van der Waals surface area contributed by atoms with Gasteiger partial charge in [0.15, 0.2) is 11.5 Å². The van der Waals surface area contributed by atoms with Crippen molar-refractivity contribution in [2.24, 2.45) is 0 Å². The molecule has 35 heavy (non-hydrogen) atoms. The van der Waals surface area contributed by atoms with Crippen molar-refractivity contribution in [3.05, 3.63) is 40.4 Å². The highest BCUT2D eigenvalue weighted by atomic mass is 35.5. The maximum Gasteiger partial charge on any atom is 0.158 e. The van der Waals surface area contributed by atoms with E-state index in [0.717, 1.165) is 18.0 Å². The molecule has 0 aliphatic heterocycles. The average Bonchev–Trinajstić information content (AvgIpc) is 2.87. The number of methoxy groups -OCH3 is 1. The Hall–Kier alpha value is -2.66. The van der Waals surface area contributed by atoms with Gasteiger partial charge in [0.25, 0.3) is 0 Å². The van der Waals surface area contributed by atoms with Gasteiger partial charge in [-0.2, -0.15) is 10.5 Å². The summed E-state index contributed by atoms with van der Waals surface area (Å²) in [6, 6.07) is 11.5. The standard InChI is InChI=1S/C25H31ClN4O4S/c1-4-30(5-2)10-11-33-24-19(17-28)18(16-27)23(34-15-14-32-13-12-31-3)22(26)25(24)35-21-9-7-6-8-20(21)29/h6-9H,4-5,10-15,29H2,1-3H3. The first-order valence-corrected chi connectivity index (χ1v) is 12.5. The average molecular weight is 519 g/mol. The quantitative estimate of drug-likeness (QED) is 0.267. The molecule has 2 aromatic carbocycles. The van der Waals surface area contributed by atoms with Gasteiger partial charge >= 0.3 is 0 Å². The van der Waals surface area contributed by atoms with Gasteiger partial charge in [-0.25, -0.2) is 0 Å². The SMILES string of the molecule is CCN(CC)CCOc1c(C#N)c(C#N)c(OCCOCCOC)c(Cl)c1Sc1ccccc1N. The first-order chi connectivity index (χ1) is 17.0. The Labute approximate surface area is 216 Å². The zero-order chi connectivity index (χ0) is 25.6. The van der Waals surface area contributed by atoms with E-state index in [0.29, 0.717) is 36.9 Å². The van der Waals surface area contributed by atoms with Crippen molar-refractivity contribution in [2.75, 3.05) is 65.5 Å². The first kappa shape index (κ1) is 28.6. The van der Waals surface area contributed by atoms with Gasteiger partial charge in [-0.05, 0) is 25.2 Å². The van der Waals surface area contributed by atoms with Crippen LogP contribution in [0.5, 0.6) is 11.5 Å². The summed E-state index contributed by atoms with van der Waals surface area (Å²) in [6.07, 6.45) is 0. The van der Waals surface area contributed by atoms with Crippen molar-refractivity contribution < 1.29 is 18.9 Å². The summed E-state index contributed by atoms with van der Waals surface area (Å²) in [4.78, 5) is 3.41. The monoisotopic (exact) mass is 518 g/mol. The number of nitrogens with two attached hydrogens (primary N) is 1. The molecule has 0 aliphatic carbocycles. The van der Waals surface area contributed by atoms with Gasteiger partial charge < -0.3 is 29.6 Å². The Morgan fingerprint density at radius 2 is 1.57 bits per heavy atom. The Bertz CT molecular complexity index is 1050. The third kappa shape index (κ3) is 7.93. The van der Waals surface area contributed by atoms with E-state index in [4.69, 9.17) is 36.3 Å². The van der Waals surface area contributed by atoms with Crippen LogP contribution in [0.1, 0.15) is 25.0 Å². The summed E-state index contributed by atoms with van der Waals surface area (Å²) in [5, 5.41) is 20.1. The smallest absolute Gasteiger partial charge is 0.158 e. The van der Waals surface area contributed by atoms with Crippen LogP contribution in [-0.4, -0.2) is 64.7 Å². The molecule has 0 amide bonds. The van der Waals surface area contributed by atoms with Crippen LogP contribution in [0.2, 0.25) is 5.02 Å². The molecule has 2 rings (SSSR count). The summed E-state index contributed by atoms with van der Waals surface area (Å²) >= 11 is 8.06. The molecule has 0 radical (unpaired) electrons. The van der Waals surface area contributed by atoms with Crippen molar-refractivity contribution in [3.8, 4) is 23.6 Å². The third-order valence-corrected chi connectivity index (χ3v) is 6.78. The van der Waals surface area contributed by atoms with Crippen LogP contribution < -0.4 is 15.2 Å². The molecule has 0 aromatic heterocycles. The van der Waals surface area contributed by atoms with Gasteiger partial charge in [0.2, 0.25) is 0 Å². The summed E-state index contributed by atoms with van der Waals surface area (Å²) in [5.74, 6) is 0.368. The molecule has 0 bridgehead atoms. The van der Waals surface area contributed by atoms with Gasteiger partial charge in [0.05, 0.1) is 24.7 Å². The Balaban J connectivity index is 2.47. The Morgan fingerprint density at radius 3 is 2.20 bits per heavy atom. The number of rotatable bonds is 15. The van der Waals surface area contributed by atoms with E-state index < -0.39 is 0 Å². The largest absolute Gasteiger partial charge is 0.490 e. The highest BCUT2D eigenvalue weighted by Crippen LogP contribution is 2.49. The number of benzene rings is 2. The van der Waals surface area contributed by atoms with E-state index in [1.807, 2.05) is 18.2 Å². The number of halogens is 1. The number of nitrogens with zero attached hydrogens (tertiary/aromatic N) is 3. The van der Waals surface area contributed by atoms with Gasteiger partial charge in [-0.3, -0.25) is 0 Å². The number of likely N-dealkylation sites (N-methyl/N-ethyl adjacent to an activating group) is 1. The second-order valence-electron chi connectivity index (χ2n) is 7.24. The summed E-state index contributed by atoms with van der Waals surface area (Å²) < 4.78 is 22.3. The van der Waals surface area contributed by atoms with E-state index in [-0.39, 0.29) is 40.9 Å². The van der Waals surface area contributed by atoms with Crippen molar-refractivity contribution in [1.82, 2.24) is 4.90 Å². The van der Waals surface area contributed by atoms with Crippen molar-refractivity contribution in [2.45, 2.75) is 23.6 Å². The number of nitriles is 2. The molecule has 0 aliphatic rings. The summed E-state index contributed by atoms with van der Waals surface area (Å²) in [6.45, 7) is 8.14. The van der Waals surface area contributed by atoms with Gasteiger partial charge in [-0.15, -0.1) is 0 Å². The molecule has 2 aromatic rings. The highest BCUT2D eigenvalue weighted by molar-refractivity contribution is 7.99. The molecule has 0 heterocycles. The van der Waals surface area contributed by atoms with E-state index in [9.17, 15) is 10.5 Å². The predicted molar refractivity (Wildman–Crippen MR) is 137 cm³/mol. The van der Waals surface area contributed by atoms with Crippen molar-refractivity contribution in [3.63, 3.8) is 0 Å². The van der Waals surface area contributed by atoms with Crippen LogP contribution in [0.15, 0.2) is 34.1 Å². The maximum atomic E-state index is 10.00. The fraction of sp³-hybridized carbons (Fsp3) is 0.440. The van der Waals surface area contributed by atoms with Crippen LogP contribution in [-0.2, 0) is 9.47 Å². The topological polar surface area (TPSA) is 114 Å². The zero-order valence-electron chi connectivity index (χ0n) is 20.3. The molecular weight excluding hydrogens is 488 g/mol. The molecule has 0 atom stereocenters. The molecule has 0 spiro atoms.